The van der Waals surface area contributed by atoms with E-state index in [0.29, 0.717) is 18.4 Å². The van der Waals surface area contributed by atoms with Crippen LogP contribution in [0.4, 0.5) is 0 Å². The van der Waals surface area contributed by atoms with E-state index in [1.165, 1.54) is 11.1 Å². The van der Waals surface area contributed by atoms with E-state index in [-0.39, 0.29) is 18.8 Å². The minimum atomic E-state index is -0.254. The third kappa shape index (κ3) is 4.50. The third-order valence-electron chi connectivity index (χ3n) is 6.45. The summed E-state index contributed by atoms with van der Waals surface area (Å²) >= 11 is 0. The van der Waals surface area contributed by atoms with Crippen molar-refractivity contribution >= 4 is 0 Å². The van der Waals surface area contributed by atoms with Crippen LogP contribution in [0.1, 0.15) is 55.0 Å². The minimum Gasteiger partial charge on any atom is -0.489 e. The second-order valence-corrected chi connectivity index (χ2v) is 9.04. The van der Waals surface area contributed by atoms with Crippen LogP contribution in [0.5, 0.6) is 5.75 Å². The average Bonchev–Trinajstić information content (AvgIpc) is 2.72. The fourth-order valence-electron chi connectivity index (χ4n) is 5.00. The van der Waals surface area contributed by atoms with E-state index in [9.17, 15) is 10.2 Å². The van der Waals surface area contributed by atoms with Gasteiger partial charge in [0.15, 0.2) is 0 Å². The zero-order chi connectivity index (χ0) is 20.4. The molecule has 0 bridgehead atoms. The highest BCUT2D eigenvalue weighted by Gasteiger charge is 2.38. The second-order valence-electron chi connectivity index (χ2n) is 9.04. The number of benzene rings is 2. The molecule has 3 atom stereocenters. The maximum absolute atomic E-state index is 10.8. The smallest absolute Gasteiger partial charge is 0.125 e. The molecular formula is C25H33NO3. The van der Waals surface area contributed by atoms with Crippen LogP contribution in [0.2, 0.25) is 0 Å². The molecule has 29 heavy (non-hydrogen) atoms. The van der Waals surface area contributed by atoms with Gasteiger partial charge in [-0.05, 0) is 59.9 Å². The minimum absolute atomic E-state index is 0.0390. The molecule has 0 spiro atoms. The van der Waals surface area contributed by atoms with Gasteiger partial charge >= 0.3 is 0 Å². The molecule has 2 aliphatic rings. The van der Waals surface area contributed by atoms with Crippen LogP contribution in [0.25, 0.3) is 0 Å². The van der Waals surface area contributed by atoms with Crippen molar-refractivity contribution in [1.29, 1.82) is 0 Å². The van der Waals surface area contributed by atoms with E-state index in [1.807, 2.05) is 30.3 Å². The first-order chi connectivity index (χ1) is 14.0. The molecule has 2 aromatic carbocycles. The SMILES string of the molecule is CC(C)C[C@@H]1CN2CCc3cc(OCc4ccccc4)c(CO)cc3[C@H]2C[C@H]1O. The maximum atomic E-state index is 10.8. The number of nitrogens with zero attached hydrogens (tertiary/aromatic N) is 1. The number of ether oxygens (including phenoxy) is 1. The standard InChI is InChI=1S/C25H33NO3/c1-17(2)10-20-14-26-9-8-19-12-25(29-16-18-6-4-3-5-7-18)21(15-27)11-22(19)23(26)13-24(20)28/h3-7,11-12,17,20,23-24,27-28H,8-10,13-16H2,1-2H3/t20-,23-,24-/m1/s1. The van der Waals surface area contributed by atoms with Crippen molar-refractivity contribution in [3.63, 3.8) is 0 Å². The van der Waals surface area contributed by atoms with Crippen molar-refractivity contribution in [3.8, 4) is 5.75 Å². The first-order valence-corrected chi connectivity index (χ1v) is 10.9. The summed E-state index contributed by atoms with van der Waals surface area (Å²) in [5.74, 6) is 1.74. The first kappa shape index (κ1) is 20.4. The Balaban J connectivity index is 1.54. The van der Waals surface area contributed by atoms with Crippen LogP contribution >= 0.6 is 0 Å². The highest BCUT2D eigenvalue weighted by Crippen LogP contribution is 2.42. The van der Waals surface area contributed by atoms with Crippen molar-refractivity contribution in [3.05, 3.63) is 64.7 Å². The van der Waals surface area contributed by atoms with Gasteiger partial charge in [0.2, 0.25) is 0 Å². The Labute approximate surface area is 174 Å². The number of piperidine rings is 1. The number of hydrogen-bond donors (Lipinski definition) is 2. The topological polar surface area (TPSA) is 52.9 Å². The van der Waals surface area contributed by atoms with Crippen LogP contribution in [0.15, 0.2) is 42.5 Å². The summed E-state index contributed by atoms with van der Waals surface area (Å²) in [6.07, 6.45) is 2.59. The van der Waals surface area contributed by atoms with Crippen LogP contribution in [-0.4, -0.2) is 34.3 Å². The Morgan fingerprint density at radius 3 is 2.69 bits per heavy atom. The van der Waals surface area contributed by atoms with Gasteiger partial charge in [-0.3, -0.25) is 4.90 Å². The van der Waals surface area contributed by atoms with Crippen molar-refractivity contribution in [2.24, 2.45) is 11.8 Å². The third-order valence-corrected chi connectivity index (χ3v) is 6.45. The first-order valence-electron chi connectivity index (χ1n) is 10.9. The highest BCUT2D eigenvalue weighted by molar-refractivity contribution is 5.45. The summed E-state index contributed by atoms with van der Waals surface area (Å²) < 4.78 is 6.08. The van der Waals surface area contributed by atoms with E-state index in [1.54, 1.807) is 0 Å². The maximum Gasteiger partial charge on any atom is 0.125 e. The molecule has 2 heterocycles. The van der Waals surface area contributed by atoms with E-state index in [4.69, 9.17) is 4.74 Å². The van der Waals surface area contributed by atoms with Crippen LogP contribution < -0.4 is 4.74 Å². The molecule has 0 saturated carbocycles. The number of fused-ring (bicyclic) bond motifs is 3. The summed E-state index contributed by atoms with van der Waals surface area (Å²) in [7, 11) is 0. The fraction of sp³-hybridized carbons (Fsp3) is 0.520. The zero-order valence-corrected chi connectivity index (χ0v) is 17.6. The van der Waals surface area contributed by atoms with Gasteiger partial charge in [0, 0.05) is 24.7 Å². The van der Waals surface area contributed by atoms with Gasteiger partial charge < -0.3 is 14.9 Å². The Morgan fingerprint density at radius 2 is 1.97 bits per heavy atom. The molecule has 2 N–H and O–H groups in total. The Hall–Kier alpha value is -1.88. The van der Waals surface area contributed by atoms with Crippen molar-refractivity contribution in [1.82, 2.24) is 4.90 Å². The lowest BCUT2D eigenvalue weighted by atomic mass is 9.79. The highest BCUT2D eigenvalue weighted by atomic mass is 16.5. The van der Waals surface area contributed by atoms with Gasteiger partial charge in [0.05, 0.1) is 12.7 Å². The van der Waals surface area contributed by atoms with Crippen molar-refractivity contribution in [2.75, 3.05) is 13.1 Å². The number of aliphatic hydroxyl groups is 2. The lowest BCUT2D eigenvalue weighted by Crippen LogP contribution is -2.48. The molecule has 156 valence electrons. The summed E-state index contributed by atoms with van der Waals surface area (Å²) in [6, 6.07) is 14.6. The normalized spacial score (nSPS) is 24.2. The molecular weight excluding hydrogens is 362 g/mol. The molecule has 2 aromatic rings. The second kappa shape index (κ2) is 8.86. The molecule has 4 rings (SSSR count). The van der Waals surface area contributed by atoms with Crippen LogP contribution in [0.3, 0.4) is 0 Å². The van der Waals surface area contributed by atoms with Crippen molar-refractivity contribution < 1.29 is 14.9 Å². The molecule has 0 unspecified atom stereocenters. The van der Waals surface area contributed by atoms with Gasteiger partial charge in [-0.15, -0.1) is 0 Å². The lowest BCUT2D eigenvalue weighted by Gasteiger charge is -2.46. The molecule has 0 aliphatic carbocycles. The summed E-state index contributed by atoms with van der Waals surface area (Å²) in [6.45, 7) is 6.91. The Bertz CT molecular complexity index is 820. The van der Waals surface area contributed by atoms with E-state index in [0.717, 1.165) is 49.2 Å². The van der Waals surface area contributed by atoms with Crippen LogP contribution in [0, 0.1) is 11.8 Å². The quantitative estimate of drug-likeness (QED) is 0.774. The van der Waals surface area contributed by atoms with Gasteiger partial charge in [-0.1, -0.05) is 44.2 Å². The number of rotatable bonds is 6. The summed E-state index contributed by atoms with van der Waals surface area (Å²) in [4.78, 5) is 2.54. The zero-order valence-electron chi connectivity index (χ0n) is 17.6. The molecule has 4 nitrogen and oxygen atoms in total. The van der Waals surface area contributed by atoms with E-state index in [2.05, 4.69) is 30.9 Å². The van der Waals surface area contributed by atoms with Crippen LogP contribution in [-0.2, 0) is 19.6 Å². The molecule has 2 aliphatic heterocycles. The molecule has 1 saturated heterocycles. The van der Waals surface area contributed by atoms with Gasteiger partial charge in [-0.25, -0.2) is 0 Å². The fourth-order valence-corrected chi connectivity index (χ4v) is 5.00. The Kier molecular flexibility index (Phi) is 6.23. The van der Waals surface area contributed by atoms with E-state index >= 15 is 0 Å². The monoisotopic (exact) mass is 395 g/mol. The largest absolute Gasteiger partial charge is 0.489 e. The van der Waals surface area contributed by atoms with Gasteiger partial charge in [-0.2, -0.15) is 0 Å². The predicted octanol–water partition coefficient (Wildman–Crippen LogP) is 4.08. The molecule has 0 amide bonds. The predicted molar refractivity (Wildman–Crippen MR) is 115 cm³/mol. The Morgan fingerprint density at radius 1 is 1.17 bits per heavy atom. The lowest BCUT2D eigenvalue weighted by molar-refractivity contribution is -0.0191. The average molecular weight is 396 g/mol. The number of aliphatic hydroxyl groups excluding tert-OH is 2. The van der Waals surface area contributed by atoms with Gasteiger partial charge in [0.1, 0.15) is 12.4 Å². The molecule has 0 radical (unpaired) electrons. The summed E-state index contributed by atoms with van der Waals surface area (Å²) in [5.41, 5.74) is 4.50. The summed E-state index contributed by atoms with van der Waals surface area (Å²) in [5, 5.41) is 20.7. The van der Waals surface area contributed by atoms with E-state index < -0.39 is 0 Å². The molecule has 4 heteroatoms. The molecule has 1 fully saturated rings. The molecule has 0 aromatic heterocycles. The van der Waals surface area contributed by atoms with Crippen molar-refractivity contribution in [2.45, 2.75) is 58.5 Å². The van der Waals surface area contributed by atoms with Gasteiger partial charge in [0.25, 0.3) is 0 Å². The number of hydrogen-bond acceptors (Lipinski definition) is 4.